The molecule has 2 rings (SSSR count). The van der Waals surface area contributed by atoms with E-state index < -0.39 is 0 Å². The van der Waals surface area contributed by atoms with Crippen LogP contribution in [0.25, 0.3) is 0 Å². The van der Waals surface area contributed by atoms with Crippen LogP contribution in [0.4, 0.5) is 5.69 Å². The first-order valence-corrected chi connectivity index (χ1v) is 4.89. The van der Waals surface area contributed by atoms with Crippen LogP contribution in [-0.4, -0.2) is 13.8 Å². The van der Waals surface area contributed by atoms with E-state index in [2.05, 4.69) is 5.32 Å². The summed E-state index contributed by atoms with van der Waals surface area (Å²) in [5.74, 6) is 1.66. The summed E-state index contributed by atoms with van der Waals surface area (Å²) in [6.07, 6.45) is 0. The van der Waals surface area contributed by atoms with E-state index in [0.717, 1.165) is 17.2 Å². The average molecular weight is 195 g/mol. The molecule has 1 aromatic carbocycles. The van der Waals surface area contributed by atoms with E-state index in [1.165, 1.54) is 5.56 Å². The van der Waals surface area contributed by atoms with Crippen LogP contribution >= 0.6 is 0 Å². The van der Waals surface area contributed by atoms with Gasteiger partial charge in [0.05, 0.1) is 0 Å². The zero-order valence-corrected chi connectivity index (χ0v) is 9.18. The van der Waals surface area contributed by atoms with Gasteiger partial charge < -0.3 is 14.8 Å². The summed E-state index contributed by atoms with van der Waals surface area (Å²) < 4.78 is 10.5. The molecule has 3 nitrogen and oxygen atoms in total. The van der Waals surface area contributed by atoms with Gasteiger partial charge in [-0.15, -0.1) is 0 Å². The molecule has 0 bridgehead atoms. The lowest BCUT2D eigenvalue weighted by Crippen LogP contribution is -1.93. The third-order valence-corrected chi connectivity index (χ3v) is 1.99. The van der Waals surface area contributed by atoms with Gasteiger partial charge in [0.25, 0.3) is 0 Å². The topological polar surface area (TPSA) is 30.5 Å². The van der Waals surface area contributed by atoms with Gasteiger partial charge >= 0.3 is 0 Å². The van der Waals surface area contributed by atoms with E-state index in [0.29, 0.717) is 6.79 Å². The number of hydrogen-bond acceptors (Lipinski definition) is 3. The summed E-state index contributed by atoms with van der Waals surface area (Å²) in [4.78, 5) is 0. The monoisotopic (exact) mass is 195 g/mol. The molecular weight excluding hydrogens is 178 g/mol. The van der Waals surface area contributed by atoms with Gasteiger partial charge in [-0.25, -0.2) is 0 Å². The quantitative estimate of drug-likeness (QED) is 0.747. The van der Waals surface area contributed by atoms with Crippen LogP contribution in [-0.2, 0) is 0 Å². The third kappa shape index (κ3) is 1.92. The standard InChI is InChI=1S/C9H11NO2.C2H6/c1-6-3-8-9(12-5-11-8)4-7(6)10-2;1-2/h3-4,10H,5H2,1-2H3;1-2H3. The van der Waals surface area contributed by atoms with E-state index in [4.69, 9.17) is 9.47 Å². The molecule has 0 aromatic heterocycles. The normalized spacial score (nSPS) is 11.7. The van der Waals surface area contributed by atoms with Gasteiger partial charge in [0.2, 0.25) is 6.79 Å². The van der Waals surface area contributed by atoms with Gasteiger partial charge in [0, 0.05) is 18.8 Å². The Morgan fingerprint density at radius 3 is 2.29 bits per heavy atom. The minimum absolute atomic E-state index is 0.335. The van der Waals surface area contributed by atoms with Crippen LogP contribution in [0.1, 0.15) is 19.4 Å². The number of benzene rings is 1. The molecule has 0 saturated heterocycles. The van der Waals surface area contributed by atoms with Crippen molar-refractivity contribution in [3.05, 3.63) is 17.7 Å². The van der Waals surface area contributed by atoms with Gasteiger partial charge in [-0.3, -0.25) is 0 Å². The Morgan fingerprint density at radius 1 is 1.14 bits per heavy atom. The lowest BCUT2D eigenvalue weighted by molar-refractivity contribution is 0.174. The van der Waals surface area contributed by atoms with Crippen molar-refractivity contribution >= 4 is 5.69 Å². The molecular formula is C11H17NO2. The number of anilines is 1. The fraction of sp³-hybridized carbons (Fsp3) is 0.455. The highest BCUT2D eigenvalue weighted by molar-refractivity contribution is 5.60. The molecule has 78 valence electrons. The van der Waals surface area contributed by atoms with E-state index in [9.17, 15) is 0 Å². The predicted octanol–water partition coefficient (Wildman–Crippen LogP) is 2.79. The number of hydrogen-bond donors (Lipinski definition) is 1. The molecule has 0 aliphatic carbocycles. The average Bonchev–Trinajstić information content (AvgIpc) is 2.66. The molecule has 0 atom stereocenters. The lowest BCUT2D eigenvalue weighted by Gasteiger charge is -2.05. The molecule has 0 radical (unpaired) electrons. The summed E-state index contributed by atoms with van der Waals surface area (Å²) >= 11 is 0. The molecule has 1 heterocycles. The molecule has 1 N–H and O–H groups in total. The fourth-order valence-electron chi connectivity index (χ4n) is 1.31. The number of ether oxygens (including phenoxy) is 2. The fourth-order valence-corrected chi connectivity index (χ4v) is 1.31. The summed E-state index contributed by atoms with van der Waals surface area (Å²) in [5.41, 5.74) is 2.25. The van der Waals surface area contributed by atoms with Crippen molar-refractivity contribution in [1.29, 1.82) is 0 Å². The first-order valence-electron chi connectivity index (χ1n) is 4.89. The maximum absolute atomic E-state index is 5.23. The first-order chi connectivity index (χ1) is 6.81. The SMILES string of the molecule is CC.CNc1cc2c(cc1C)OCO2. The van der Waals surface area contributed by atoms with Gasteiger partial charge in [-0.1, -0.05) is 13.8 Å². The van der Waals surface area contributed by atoms with Crippen LogP contribution in [0.2, 0.25) is 0 Å². The van der Waals surface area contributed by atoms with Crippen molar-refractivity contribution in [3.63, 3.8) is 0 Å². The smallest absolute Gasteiger partial charge is 0.231 e. The van der Waals surface area contributed by atoms with E-state index in [-0.39, 0.29) is 0 Å². The Labute approximate surface area is 85.0 Å². The molecule has 3 heteroatoms. The molecule has 1 aromatic rings. The van der Waals surface area contributed by atoms with Gasteiger partial charge in [-0.2, -0.15) is 0 Å². The van der Waals surface area contributed by atoms with Crippen LogP contribution in [0, 0.1) is 6.92 Å². The first kappa shape index (κ1) is 10.7. The van der Waals surface area contributed by atoms with Crippen molar-refractivity contribution in [2.24, 2.45) is 0 Å². The van der Waals surface area contributed by atoms with Crippen LogP contribution in [0.15, 0.2) is 12.1 Å². The molecule has 0 fully saturated rings. The molecule has 0 unspecified atom stereocenters. The molecule has 0 saturated carbocycles. The van der Waals surface area contributed by atoms with E-state index in [1.54, 1.807) is 0 Å². The van der Waals surface area contributed by atoms with Crippen molar-refractivity contribution in [2.45, 2.75) is 20.8 Å². The third-order valence-electron chi connectivity index (χ3n) is 1.99. The summed E-state index contributed by atoms with van der Waals surface area (Å²) in [6.45, 7) is 6.37. The Kier molecular flexibility index (Phi) is 3.63. The zero-order valence-electron chi connectivity index (χ0n) is 9.18. The largest absolute Gasteiger partial charge is 0.454 e. The molecule has 1 aliphatic rings. The second-order valence-corrected chi connectivity index (χ2v) is 2.77. The second-order valence-electron chi connectivity index (χ2n) is 2.77. The lowest BCUT2D eigenvalue weighted by atomic mass is 10.2. The summed E-state index contributed by atoms with van der Waals surface area (Å²) in [7, 11) is 1.89. The van der Waals surface area contributed by atoms with Crippen molar-refractivity contribution in [1.82, 2.24) is 0 Å². The number of fused-ring (bicyclic) bond motifs is 1. The Hall–Kier alpha value is -1.38. The molecule has 0 spiro atoms. The Morgan fingerprint density at radius 2 is 1.71 bits per heavy atom. The van der Waals surface area contributed by atoms with Crippen LogP contribution in [0.5, 0.6) is 11.5 Å². The maximum Gasteiger partial charge on any atom is 0.231 e. The second kappa shape index (κ2) is 4.74. The minimum atomic E-state index is 0.335. The predicted molar refractivity (Wildman–Crippen MR) is 58.2 cm³/mol. The van der Waals surface area contributed by atoms with Crippen LogP contribution < -0.4 is 14.8 Å². The van der Waals surface area contributed by atoms with E-state index in [1.807, 2.05) is 40.0 Å². The van der Waals surface area contributed by atoms with Gasteiger partial charge in [-0.05, 0) is 18.6 Å². The maximum atomic E-state index is 5.23. The van der Waals surface area contributed by atoms with Gasteiger partial charge in [0.15, 0.2) is 11.5 Å². The van der Waals surface area contributed by atoms with Crippen molar-refractivity contribution in [3.8, 4) is 11.5 Å². The van der Waals surface area contributed by atoms with E-state index >= 15 is 0 Å². The molecule has 1 aliphatic heterocycles. The number of nitrogens with one attached hydrogen (secondary N) is 1. The van der Waals surface area contributed by atoms with Crippen molar-refractivity contribution < 1.29 is 9.47 Å². The summed E-state index contributed by atoms with van der Waals surface area (Å²) in [6, 6.07) is 3.94. The number of rotatable bonds is 1. The number of aryl methyl sites for hydroxylation is 1. The van der Waals surface area contributed by atoms with Crippen molar-refractivity contribution in [2.75, 3.05) is 19.2 Å². The zero-order chi connectivity index (χ0) is 10.6. The highest BCUT2D eigenvalue weighted by Crippen LogP contribution is 2.36. The minimum Gasteiger partial charge on any atom is -0.454 e. The summed E-state index contributed by atoms with van der Waals surface area (Å²) in [5, 5.41) is 3.09. The highest BCUT2D eigenvalue weighted by atomic mass is 16.7. The Bertz CT molecular complexity index is 310. The molecule has 14 heavy (non-hydrogen) atoms. The van der Waals surface area contributed by atoms with Crippen LogP contribution in [0.3, 0.4) is 0 Å². The molecule has 0 amide bonds. The van der Waals surface area contributed by atoms with Gasteiger partial charge in [0.1, 0.15) is 0 Å². The highest BCUT2D eigenvalue weighted by Gasteiger charge is 2.14. The Balaban J connectivity index is 0.000000461.